The van der Waals surface area contributed by atoms with E-state index in [-0.39, 0.29) is 5.91 Å². The molecule has 0 unspecified atom stereocenters. The van der Waals surface area contributed by atoms with Crippen LogP contribution in [0.2, 0.25) is 5.02 Å². The van der Waals surface area contributed by atoms with E-state index >= 15 is 0 Å². The molecule has 1 saturated heterocycles. The minimum absolute atomic E-state index is 0.0286. The lowest BCUT2D eigenvalue weighted by atomic mass is 10.1. The van der Waals surface area contributed by atoms with Crippen molar-refractivity contribution in [2.24, 2.45) is 0 Å². The van der Waals surface area contributed by atoms with Crippen LogP contribution in [0.4, 0.5) is 0 Å². The highest BCUT2D eigenvalue weighted by molar-refractivity contribution is 9.10. The first-order valence-corrected chi connectivity index (χ1v) is 7.27. The maximum atomic E-state index is 12.5. The van der Waals surface area contributed by atoms with Gasteiger partial charge in [-0.2, -0.15) is 0 Å². The Labute approximate surface area is 121 Å². The molecule has 0 aliphatic carbocycles. The lowest BCUT2D eigenvalue weighted by molar-refractivity contribution is 0.0616. The summed E-state index contributed by atoms with van der Waals surface area (Å²) in [6.07, 6.45) is 0.955. The van der Waals surface area contributed by atoms with Gasteiger partial charge in [0.25, 0.3) is 5.91 Å². The number of nitrogens with one attached hydrogen (secondary N) is 1. The summed E-state index contributed by atoms with van der Waals surface area (Å²) in [5.41, 5.74) is 0.584. The van der Waals surface area contributed by atoms with Crippen molar-refractivity contribution in [3.8, 4) is 0 Å². The van der Waals surface area contributed by atoms with Gasteiger partial charge in [-0.3, -0.25) is 4.79 Å². The van der Waals surface area contributed by atoms with Gasteiger partial charge in [-0.15, -0.1) is 0 Å². The maximum absolute atomic E-state index is 12.5. The molecule has 1 fully saturated rings. The Kier molecular flexibility index (Phi) is 4.65. The number of carbonyl (C=O) groups excluding carboxylic acids is 1. The van der Waals surface area contributed by atoms with Crippen molar-refractivity contribution in [2.75, 3.05) is 19.6 Å². The summed E-state index contributed by atoms with van der Waals surface area (Å²) in [5.74, 6) is 0.0286. The van der Waals surface area contributed by atoms with Gasteiger partial charge in [0.15, 0.2) is 0 Å². The Balaban J connectivity index is 2.21. The quantitative estimate of drug-likeness (QED) is 0.920. The molecule has 1 N–H and O–H groups in total. The zero-order valence-electron chi connectivity index (χ0n) is 10.2. The van der Waals surface area contributed by atoms with E-state index in [1.807, 2.05) is 11.0 Å². The summed E-state index contributed by atoms with van der Waals surface area (Å²) in [5, 5.41) is 3.70. The Morgan fingerprint density at radius 3 is 2.78 bits per heavy atom. The fraction of sp³-hybridized carbons (Fsp3) is 0.462. The van der Waals surface area contributed by atoms with Crippen molar-refractivity contribution in [1.29, 1.82) is 0 Å². The molecule has 3 nitrogen and oxygen atoms in total. The lowest BCUT2D eigenvalue weighted by Crippen LogP contribution is -2.59. The van der Waals surface area contributed by atoms with E-state index in [4.69, 9.17) is 11.6 Å². The molecule has 1 amide bonds. The molecule has 1 aliphatic heterocycles. The van der Waals surface area contributed by atoms with E-state index in [0.29, 0.717) is 16.6 Å². The van der Waals surface area contributed by atoms with Gasteiger partial charge in [0, 0.05) is 24.1 Å². The third-order valence-corrected chi connectivity index (χ3v) is 3.89. The topological polar surface area (TPSA) is 32.3 Å². The van der Waals surface area contributed by atoms with Gasteiger partial charge < -0.3 is 10.2 Å². The monoisotopic (exact) mass is 330 g/mol. The van der Waals surface area contributed by atoms with E-state index < -0.39 is 0 Å². The highest BCUT2D eigenvalue weighted by atomic mass is 79.9. The first-order chi connectivity index (χ1) is 8.63. The molecule has 1 aromatic carbocycles. The number of nitrogens with zero attached hydrogens (tertiary/aromatic N) is 1. The molecule has 1 heterocycles. The zero-order valence-corrected chi connectivity index (χ0v) is 12.6. The van der Waals surface area contributed by atoms with Crippen LogP contribution in [0.1, 0.15) is 23.7 Å². The number of carbonyl (C=O) groups is 1. The molecule has 0 saturated carbocycles. The summed E-state index contributed by atoms with van der Waals surface area (Å²) in [6.45, 7) is 4.60. The van der Waals surface area contributed by atoms with E-state index in [1.165, 1.54) is 0 Å². The number of halogens is 2. The molecule has 0 spiro atoms. The average molecular weight is 332 g/mol. The highest BCUT2D eigenvalue weighted by Crippen LogP contribution is 2.23. The van der Waals surface area contributed by atoms with Crippen molar-refractivity contribution in [1.82, 2.24) is 10.2 Å². The minimum atomic E-state index is 0.0286. The summed E-state index contributed by atoms with van der Waals surface area (Å²) in [7, 11) is 0. The van der Waals surface area contributed by atoms with Gasteiger partial charge in [0.1, 0.15) is 0 Å². The smallest absolute Gasteiger partial charge is 0.255 e. The molecule has 98 valence electrons. The minimum Gasteiger partial charge on any atom is -0.333 e. The Morgan fingerprint density at radius 2 is 2.28 bits per heavy atom. The normalized spacial score (nSPS) is 15.3. The van der Waals surface area contributed by atoms with Crippen molar-refractivity contribution < 1.29 is 4.79 Å². The van der Waals surface area contributed by atoms with E-state index in [9.17, 15) is 4.79 Å². The molecular formula is C13H16BrClN2O. The van der Waals surface area contributed by atoms with E-state index in [0.717, 1.165) is 30.5 Å². The van der Waals surface area contributed by atoms with Crippen molar-refractivity contribution in [3.05, 3.63) is 33.3 Å². The van der Waals surface area contributed by atoms with E-state index in [2.05, 4.69) is 28.2 Å². The van der Waals surface area contributed by atoms with Gasteiger partial charge in [0.05, 0.1) is 16.6 Å². The third kappa shape index (κ3) is 2.87. The molecule has 5 heteroatoms. The molecule has 0 bridgehead atoms. The first-order valence-electron chi connectivity index (χ1n) is 6.10. The molecule has 1 aromatic rings. The maximum Gasteiger partial charge on any atom is 0.255 e. The predicted octanol–water partition coefficient (Wildman–Crippen LogP) is 2.93. The van der Waals surface area contributed by atoms with Crippen LogP contribution in [0.3, 0.4) is 0 Å². The number of rotatable bonds is 4. The van der Waals surface area contributed by atoms with Crippen LogP contribution in [-0.2, 0) is 0 Å². The second-order valence-corrected chi connectivity index (χ2v) is 5.76. The summed E-state index contributed by atoms with van der Waals surface area (Å²) >= 11 is 9.49. The fourth-order valence-corrected chi connectivity index (χ4v) is 2.76. The number of amides is 1. The van der Waals surface area contributed by atoms with Crippen molar-refractivity contribution >= 4 is 33.4 Å². The van der Waals surface area contributed by atoms with Crippen LogP contribution in [-0.4, -0.2) is 36.5 Å². The third-order valence-electron chi connectivity index (χ3n) is 3.09. The van der Waals surface area contributed by atoms with E-state index in [1.54, 1.807) is 12.1 Å². The molecule has 0 radical (unpaired) electrons. The number of hydrogen-bond donors (Lipinski definition) is 1. The lowest BCUT2D eigenvalue weighted by Gasteiger charge is -2.38. The summed E-state index contributed by atoms with van der Waals surface area (Å²) in [6, 6.07) is 5.70. The van der Waals surface area contributed by atoms with Crippen LogP contribution < -0.4 is 5.32 Å². The van der Waals surface area contributed by atoms with Crippen LogP contribution in [0.25, 0.3) is 0 Å². The van der Waals surface area contributed by atoms with Gasteiger partial charge in [0.2, 0.25) is 0 Å². The molecule has 0 aromatic heterocycles. The van der Waals surface area contributed by atoms with Crippen molar-refractivity contribution in [2.45, 2.75) is 19.4 Å². The zero-order chi connectivity index (χ0) is 13.1. The average Bonchev–Trinajstić information content (AvgIpc) is 2.25. The second kappa shape index (κ2) is 6.04. The highest BCUT2D eigenvalue weighted by Gasteiger charge is 2.29. The Morgan fingerprint density at radius 1 is 1.56 bits per heavy atom. The molecule has 0 atom stereocenters. The Hall–Kier alpha value is -0.580. The first kappa shape index (κ1) is 13.8. The van der Waals surface area contributed by atoms with Gasteiger partial charge >= 0.3 is 0 Å². The van der Waals surface area contributed by atoms with Gasteiger partial charge in [-0.1, -0.05) is 34.5 Å². The van der Waals surface area contributed by atoms with Crippen molar-refractivity contribution in [3.63, 3.8) is 0 Å². The SMILES string of the molecule is CCCN(C(=O)c1ccc(Br)cc1Cl)C1CNC1. The Bertz CT molecular complexity index is 449. The fourth-order valence-electron chi connectivity index (χ4n) is 2.00. The predicted molar refractivity (Wildman–Crippen MR) is 77.1 cm³/mol. The van der Waals surface area contributed by atoms with Crippen LogP contribution >= 0.6 is 27.5 Å². The molecular weight excluding hydrogens is 316 g/mol. The molecule has 1 aliphatic rings. The largest absolute Gasteiger partial charge is 0.333 e. The van der Waals surface area contributed by atoms with Crippen LogP contribution in [0.15, 0.2) is 22.7 Å². The molecule has 18 heavy (non-hydrogen) atoms. The van der Waals surface area contributed by atoms with Gasteiger partial charge in [-0.25, -0.2) is 0 Å². The number of hydrogen-bond acceptors (Lipinski definition) is 2. The van der Waals surface area contributed by atoms with Crippen LogP contribution in [0, 0.1) is 0 Å². The second-order valence-electron chi connectivity index (χ2n) is 4.43. The number of benzene rings is 1. The summed E-state index contributed by atoms with van der Waals surface area (Å²) < 4.78 is 0.886. The molecule has 2 rings (SSSR count). The summed E-state index contributed by atoms with van der Waals surface area (Å²) in [4.78, 5) is 14.4. The standard InChI is InChI=1S/C13H16BrClN2O/c1-2-5-17(10-7-16-8-10)13(18)11-4-3-9(14)6-12(11)15/h3-4,6,10,16H,2,5,7-8H2,1H3. The van der Waals surface area contributed by atoms with Gasteiger partial charge in [-0.05, 0) is 24.6 Å². The van der Waals surface area contributed by atoms with Crippen LogP contribution in [0.5, 0.6) is 0 Å².